The van der Waals surface area contributed by atoms with Crippen LogP contribution in [-0.4, -0.2) is 43.8 Å². The van der Waals surface area contributed by atoms with Gasteiger partial charge in [-0.05, 0) is 67.8 Å². The van der Waals surface area contributed by atoms with E-state index >= 15 is 0 Å². The van der Waals surface area contributed by atoms with Crippen LogP contribution in [0.1, 0.15) is 30.5 Å². The van der Waals surface area contributed by atoms with E-state index in [4.69, 9.17) is 23.2 Å². The summed E-state index contributed by atoms with van der Waals surface area (Å²) in [6.07, 6.45) is 0.228. The maximum Gasteiger partial charge on any atom is 0.264 e. The molecule has 0 heterocycles. The molecule has 2 amide bonds. The van der Waals surface area contributed by atoms with Gasteiger partial charge < -0.3 is 10.2 Å². The number of amides is 2. The second kappa shape index (κ2) is 14.8. The molecule has 1 N–H and O–H groups in total. The van der Waals surface area contributed by atoms with E-state index in [2.05, 4.69) is 5.32 Å². The molecule has 4 rings (SSSR count). The summed E-state index contributed by atoms with van der Waals surface area (Å²) < 4.78 is 29.1. The largest absolute Gasteiger partial charge is 0.352 e. The highest BCUT2D eigenvalue weighted by atomic mass is 35.5. The molecule has 1 atom stereocenters. The van der Waals surface area contributed by atoms with Gasteiger partial charge in [0.15, 0.2) is 0 Å². The number of carbonyl (C=O) groups excluding carboxylic acids is 2. The summed E-state index contributed by atoms with van der Waals surface area (Å²) in [5.41, 5.74) is 2.75. The van der Waals surface area contributed by atoms with Crippen LogP contribution in [0.5, 0.6) is 0 Å². The van der Waals surface area contributed by atoms with Gasteiger partial charge in [-0.2, -0.15) is 0 Å². The molecule has 0 saturated carbocycles. The minimum Gasteiger partial charge on any atom is -0.352 e. The van der Waals surface area contributed by atoms with Crippen molar-refractivity contribution in [1.29, 1.82) is 0 Å². The van der Waals surface area contributed by atoms with Crippen LogP contribution < -0.4 is 9.62 Å². The number of nitrogens with zero attached hydrogens (tertiary/aromatic N) is 2. The van der Waals surface area contributed by atoms with E-state index in [1.807, 2.05) is 75.4 Å². The van der Waals surface area contributed by atoms with Crippen molar-refractivity contribution >= 4 is 50.7 Å². The third kappa shape index (κ3) is 8.40. The molecule has 230 valence electrons. The van der Waals surface area contributed by atoms with E-state index in [1.54, 1.807) is 18.2 Å². The van der Waals surface area contributed by atoms with Crippen LogP contribution in [0.3, 0.4) is 0 Å². The summed E-state index contributed by atoms with van der Waals surface area (Å²) in [4.78, 5) is 29.7. The lowest BCUT2D eigenvalue weighted by atomic mass is 10.0. The number of benzene rings is 4. The van der Waals surface area contributed by atoms with Crippen molar-refractivity contribution in [2.75, 3.05) is 10.8 Å². The van der Waals surface area contributed by atoms with Gasteiger partial charge in [-0.15, -0.1) is 0 Å². The molecule has 4 aromatic carbocycles. The van der Waals surface area contributed by atoms with Crippen LogP contribution in [-0.2, 0) is 32.6 Å². The zero-order chi connectivity index (χ0) is 31.9. The van der Waals surface area contributed by atoms with Gasteiger partial charge in [0.25, 0.3) is 10.0 Å². The lowest BCUT2D eigenvalue weighted by molar-refractivity contribution is -0.140. The molecule has 0 saturated heterocycles. The molecule has 4 aromatic rings. The van der Waals surface area contributed by atoms with Crippen LogP contribution in [0.25, 0.3) is 0 Å². The van der Waals surface area contributed by atoms with E-state index < -0.39 is 28.5 Å². The van der Waals surface area contributed by atoms with Crippen molar-refractivity contribution in [1.82, 2.24) is 10.2 Å². The number of nitrogens with one attached hydrogen (secondary N) is 1. The highest BCUT2D eigenvalue weighted by Crippen LogP contribution is 2.30. The van der Waals surface area contributed by atoms with Crippen LogP contribution >= 0.6 is 23.2 Å². The molecular formula is C34H35Cl2N3O4S. The van der Waals surface area contributed by atoms with Crippen molar-refractivity contribution in [2.24, 2.45) is 0 Å². The Bertz CT molecular complexity index is 1680. The van der Waals surface area contributed by atoms with Gasteiger partial charge in [0.1, 0.15) is 12.6 Å². The summed E-state index contributed by atoms with van der Waals surface area (Å²) in [6, 6.07) is 28.1. The Kier molecular flexibility index (Phi) is 11.1. The molecule has 0 aliphatic carbocycles. The van der Waals surface area contributed by atoms with Gasteiger partial charge in [-0.1, -0.05) is 96.0 Å². The number of rotatable bonds is 12. The molecular weight excluding hydrogens is 617 g/mol. The Balaban J connectivity index is 1.83. The number of hydrogen-bond acceptors (Lipinski definition) is 4. The Labute approximate surface area is 269 Å². The molecule has 44 heavy (non-hydrogen) atoms. The first-order chi connectivity index (χ1) is 21.0. The smallest absolute Gasteiger partial charge is 0.264 e. The molecule has 7 nitrogen and oxygen atoms in total. The predicted octanol–water partition coefficient (Wildman–Crippen LogP) is 6.66. The zero-order valence-electron chi connectivity index (χ0n) is 24.8. The molecule has 0 spiro atoms. The normalized spacial score (nSPS) is 12.0. The molecule has 0 fully saturated rings. The van der Waals surface area contributed by atoms with Crippen LogP contribution in [0, 0.1) is 6.92 Å². The van der Waals surface area contributed by atoms with Gasteiger partial charge in [-0.3, -0.25) is 13.9 Å². The molecule has 0 aliphatic heterocycles. The maximum atomic E-state index is 14.5. The van der Waals surface area contributed by atoms with Crippen molar-refractivity contribution in [3.8, 4) is 0 Å². The number of anilines is 1. The van der Waals surface area contributed by atoms with Gasteiger partial charge in [0.2, 0.25) is 11.8 Å². The summed E-state index contributed by atoms with van der Waals surface area (Å²) in [6.45, 7) is 5.12. The predicted molar refractivity (Wildman–Crippen MR) is 176 cm³/mol. The number of halogens is 2. The monoisotopic (exact) mass is 651 g/mol. The van der Waals surface area contributed by atoms with Crippen molar-refractivity contribution < 1.29 is 18.0 Å². The fraction of sp³-hybridized carbons (Fsp3) is 0.235. The summed E-state index contributed by atoms with van der Waals surface area (Å²) in [5.74, 6) is -0.905. The molecule has 0 unspecified atom stereocenters. The molecule has 0 aliphatic rings. The summed E-state index contributed by atoms with van der Waals surface area (Å²) in [5, 5.41) is 3.38. The summed E-state index contributed by atoms with van der Waals surface area (Å²) in [7, 11) is -4.25. The number of carbonyl (C=O) groups is 2. The van der Waals surface area contributed by atoms with E-state index in [9.17, 15) is 18.0 Å². The highest BCUT2D eigenvalue weighted by Gasteiger charge is 2.35. The fourth-order valence-electron chi connectivity index (χ4n) is 4.84. The van der Waals surface area contributed by atoms with Crippen molar-refractivity contribution in [2.45, 2.75) is 50.7 Å². The Morgan fingerprint density at radius 2 is 1.39 bits per heavy atom. The quantitative estimate of drug-likeness (QED) is 0.186. The van der Waals surface area contributed by atoms with Crippen LogP contribution in [0.15, 0.2) is 108 Å². The van der Waals surface area contributed by atoms with Crippen molar-refractivity contribution in [3.63, 3.8) is 0 Å². The second-order valence-corrected chi connectivity index (χ2v) is 13.5. The highest BCUT2D eigenvalue weighted by molar-refractivity contribution is 7.92. The first-order valence-electron chi connectivity index (χ1n) is 14.2. The molecule has 0 radical (unpaired) electrons. The number of sulfonamides is 1. The number of hydrogen-bond donors (Lipinski definition) is 1. The van der Waals surface area contributed by atoms with Crippen LogP contribution in [0.4, 0.5) is 5.69 Å². The fourth-order valence-corrected chi connectivity index (χ4v) is 6.77. The SMILES string of the molecule is Cc1ccccc1CN(C(=O)CN(c1cc(Cl)cc(Cl)c1)S(=O)(=O)c1ccccc1)[C@@H](Cc1ccccc1)C(=O)NC(C)C. The first kappa shape index (κ1) is 33.1. The second-order valence-electron chi connectivity index (χ2n) is 10.8. The lowest BCUT2D eigenvalue weighted by Crippen LogP contribution is -2.54. The number of aryl methyl sites for hydroxylation is 1. The average molecular weight is 653 g/mol. The molecule has 0 aromatic heterocycles. The van der Waals surface area contributed by atoms with E-state index in [0.717, 1.165) is 21.0 Å². The van der Waals surface area contributed by atoms with Gasteiger partial charge >= 0.3 is 0 Å². The molecule has 0 bridgehead atoms. The average Bonchev–Trinajstić information content (AvgIpc) is 2.98. The van der Waals surface area contributed by atoms with Crippen molar-refractivity contribution in [3.05, 3.63) is 130 Å². The third-order valence-corrected chi connectivity index (χ3v) is 9.27. The van der Waals surface area contributed by atoms with E-state index in [1.165, 1.54) is 35.2 Å². The van der Waals surface area contributed by atoms with Gasteiger partial charge in [-0.25, -0.2) is 8.42 Å². The Morgan fingerprint density at radius 3 is 1.98 bits per heavy atom. The minimum atomic E-state index is -4.25. The Hall–Kier alpha value is -3.85. The van der Waals surface area contributed by atoms with E-state index in [-0.39, 0.29) is 45.5 Å². The third-order valence-electron chi connectivity index (χ3n) is 7.05. The standard InChI is InChI=1S/C34H35Cl2N3O4S/c1-24(2)37-34(41)32(18-26-13-6-4-7-14-26)38(22-27-15-11-10-12-25(27)3)33(40)23-39(30-20-28(35)19-29(36)21-30)44(42,43)31-16-8-5-9-17-31/h4-17,19-21,24,32H,18,22-23H2,1-3H3,(H,37,41)/t32-/m0/s1. The van der Waals surface area contributed by atoms with Gasteiger partial charge in [0.05, 0.1) is 10.6 Å². The molecule has 10 heteroatoms. The minimum absolute atomic E-state index is 0.00672. The maximum absolute atomic E-state index is 14.5. The van der Waals surface area contributed by atoms with Gasteiger partial charge in [0, 0.05) is 29.1 Å². The Morgan fingerprint density at radius 1 is 0.818 bits per heavy atom. The topological polar surface area (TPSA) is 86.8 Å². The van der Waals surface area contributed by atoms with Crippen LogP contribution in [0.2, 0.25) is 10.0 Å². The lowest BCUT2D eigenvalue weighted by Gasteiger charge is -2.34. The first-order valence-corrected chi connectivity index (χ1v) is 16.4. The summed E-state index contributed by atoms with van der Waals surface area (Å²) >= 11 is 12.6. The zero-order valence-corrected chi connectivity index (χ0v) is 27.1. The van der Waals surface area contributed by atoms with E-state index in [0.29, 0.717) is 0 Å².